The lowest BCUT2D eigenvalue weighted by atomic mass is 10.2. The van der Waals surface area contributed by atoms with E-state index in [9.17, 15) is 4.79 Å². The fourth-order valence-corrected chi connectivity index (χ4v) is 1.96. The van der Waals surface area contributed by atoms with E-state index in [4.69, 9.17) is 21.9 Å². The Morgan fingerprint density at radius 2 is 1.95 bits per heavy atom. The van der Waals surface area contributed by atoms with Crippen LogP contribution in [0.4, 0.5) is 5.69 Å². The molecule has 0 bridgehead atoms. The van der Waals surface area contributed by atoms with Crippen LogP contribution in [0.1, 0.15) is 27.4 Å². The van der Waals surface area contributed by atoms with Gasteiger partial charge < -0.3 is 9.73 Å². The first-order chi connectivity index (χ1) is 10.0. The van der Waals surface area contributed by atoms with Crippen LogP contribution in [0.2, 0.25) is 0 Å². The van der Waals surface area contributed by atoms with Gasteiger partial charge in [-0.3, -0.25) is 10.1 Å². The highest BCUT2D eigenvalue weighted by atomic mass is 32.1. The third-order valence-corrected chi connectivity index (χ3v) is 3.19. The number of amides is 1. The number of nitriles is 1. The lowest BCUT2D eigenvalue weighted by molar-refractivity contribution is 0.0977. The summed E-state index contributed by atoms with van der Waals surface area (Å²) in [5, 5.41) is 14.5. The lowest BCUT2D eigenvalue weighted by Gasteiger charge is -2.09. The van der Waals surface area contributed by atoms with Crippen molar-refractivity contribution in [2.45, 2.75) is 13.8 Å². The van der Waals surface area contributed by atoms with Crippen LogP contribution in [-0.2, 0) is 0 Å². The number of nitrogens with one attached hydrogen (secondary N) is 2. The van der Waals surface area contributed by atoms with Gasteiger partial charge >= 0.3 is 0 Å². The molecule has 0 fully saturated rings. The SMILES string of the molecule is Cc1oc(C#N)c(NC(=S)NC(=O)c2ccccc2)c1C. The number of furan rings is 1. The zero-order valence-corrected chi connectivity index (χ0v) is 12.4. The van der Waals surface area contributed by atoms with Gasteiger partial charge in [-0.1, -0.05) is 18.2 Å². The second-order valence-electron chi connectivity index (χ2n) is 4.37. The number of hydrogen-bond donors (Lipinski definition) is 2. The molecule has 6 heteroatoms. The fourth-order valence-electron chi connectivity index (χ4n) is 1.77. The van der Waals surface area contributed by atoms with E-state index in [2.05, 4.69) is 10.6 Å². The van der Waals surface area contributed by atoms with Crippen LogP contribution in [0.3, 0.4) is 0 Å². The minimum absolute atomic E-state index is 0.115. The van der Waals surface area contributed by atoms with Crippen molar-refractivity contribution in [2.24, 2.45) is 0 Å². The Balaban J connectivity index is 2.10. The van der Waals surface area contributed by atoms with Crippen molar-refractivity contribution in [1.82, 2.24) is 5.32 Å². The first kappa shape index (κ1) is 14.8. The highest BCUT2D eigenvalue weighted by Crippen LogP contribution is 2.26. The summed E-state index contributed by atoms with van der Waals surface area (Å²) in [6, 6.07) is 10.7. The Hall–Kier alpha value is -2.65. The van der Waals surface area contributed by atoms with Crippen molar-refractivity contribution in [3.8, 4) is 6.07 Å². The molecule has 0 unspecified atom stereocenters. The van der Waals surface area contributed by atoms with Gasteiger partial charge in [0.1, 0.15) is 17.5 Å². The van der Waals surface area contributed by atoms with E-state index in [-0.39, 0.29) is 16.8 Å². The van der Waals surface area contributed by atoms with Crippen LogP contribution in [-0.4, -0.2) is 11.0 Å². The normalized spacial score (nSPS) is 9.76. The van der Waals surface area contributed by atoms with E-state index in [1.54, 1.807) is 31.2 Å². The molecule has 21 heavy (non-hydrogen) atoms. The van der Waals surface area contributed by atoms with Crippen molar-refractivity contribution in [2.75, 3.05) is 5.32 Å². The van der Waals surface area contributed by atoms with Crippen molar-refractivity contribution in [1.29, 1.82) is 5.26 Å². The van der Waals surface area contributed by atoms with Gasteiger partial charge in [-0.2, -0.15) is 5.26 Å². The molecule has 0 radical (unpaired) electrons. The van der Waals surface area contributed by atoms with Gasteiger partial charge in [-0.15, -0.1) is 0 Å². The molecule has 0 saturated carbocycles. The summed E-state index contributed by atoms with van der Waals surface area (Å²) < 4.78 is 5.29. The lowest BCUT2D eigenvalue weighted by Crippen LogP contribution is -2.34. The number of anilines is 1. The molecule has 106 valence electrons. The van der Waals surface area contributed by atoms with Crippen molar-refractivity contribution in [3.05, 3.63) is 53.0 Å². The van der Waals surface area contributed by atoms with Crippen LogP contribution in [0.15, 0.2) is 34.7 Å². The first-order valence-corrected chi connectivity index (χ1v) is 6.61. The molecule has 5 nitrogen and oxygen atoms in total. The molecule has 2 aromatic rings. The highest BCUT2D eigenvalue weighted by Gasteiger charge is 2.16. The molecule has 0 atom stereocenters. The monoisotopic (exact) mass is 299 g/mol. The number of thiocarbonyl (C=S) groups is 1. The van der Waals surface area contributed by atoms with Crippen LogP contribution in [0.25, 0.3) is 0 Å². The molecule has 0 aliphatic heterocycles. The average Bonchev–Trinajstić information content (AvgIpc) is 2.75. The molecule has 2 rings (SSSR count). The van der Waals surface area contributed by atoms with E-state index in [1.807, 2.05) is 19.1 Å². The van der Waals surface area contributed by atoms with Gasteiger partial charge in [0.15, 0.2) is 5.11 Å². The standard InChI is InChI=1S/C15H13N3O2S/c1-9-10(2)20-12(8-16)13(9)17-15(21)18-14(19)11-6-4-3-5-7-11/h3-7H,1-2H3,(H2,17,18,19,21). The molecule has 1 aromatic carbocycles. The molecule has 1 heterocycles. The van der Waals surface area contributed by atoms with E-state index >= 15 is 0 Å². The number of rotatable bonds is 2. The van der Waals surface area contributed by atoms with E-state index in [0.717, 1.165) is 5.56 Å². The molecule has 2 N–H and O–H groups in total. The Kier molecular flexibility index (Phi) is 4.36. The minimum atomic E-state index is -0.315. The van der Waals surface area contributed by atoms with E-state index in [0.29, 0.717) is 17.0 Å². The van der Waals surface area contributed by atoms with Crippen LogP contribution in [0.5, 0.6) is 0 Å². The number of aryl methyl sites for hydroxylation is 1. The van der Waals surface area contributed by atoms with Gasteiger partial charge in [-0.05, 0) is 38.2 Å². The van der Waals surface area contributed by atoms with Gasteiger partial charge in [-0.25, -0.2) is 0 Å². The summed E-state index contributed by atoms with van der Waals surface area (Å²) in [7, 11) is 0. The molecular formula is C15H13N3O2S. The molecule has 0 aliphatic rings. The Morgan fingerprint density at radius 1 is 1.29 bits per heavy atom. The van der Waals surface area contributed by atoms with Gasteiger partial charge in [0.2, 0.25) is 5.76 Å². The number of benzene rings is 1. The number of nitrogens with zero attached hydrogens (tertiary/aromatic N) is 1. The average molecular weight is 299 g/mol. The van der Waals surface area contributed by atoms with Crippen molar-refractivity contribution < 1.29 is 9.21 Å². The van der Waals surface area contributed by atoms with E-state index in [1.165, 1.54) is 0 Å². The third kappa shape index (κ3) is 3.27. The maximum absolute atomic E-state index is 12.0. The summed E-state index contributed by atoms with van der Waals surface area (Å²) in [6.45, 7) is 3.57. The largest absolute Gasteiger partial charge is 0.448 e. The second kappa shape index (κ2) is 6.20. The van der Waals surface area contributed by atoms with Crippen LogP contribution < -0.4 is 10.6 Å². The predicted octanol–water partition coefficient (Wildman–Crippen LogP) is 2.89. The third-order valence-electron chi connectivity index (χ3n) is 2.99. The number of carbonyl (C=O) groups excluding carboxylic acids is 1. The van der Waals surface area contributed by atoms with E-state index < -0.39 is 0 Å². The molecule has 1 amide bonds. The zero-order chi connectivity index (χ0) is 15.4. The predicted molar refractivity (Wildman–Crippen MR) is 83.0 cm³/mol. The number of hydrogen-bond acceptors (Lipinski definition) is 4. The quantitative estimate of drug-likeness (QED) is 0.834. The van der Waals surface area contributed by atoms with Crippen molar-refractivity contribution in [3.63, 3.8) is 0 Å². The van der Waals surface area contributed by atoms with Gasteiger partial charge in [0, 0.05) is 11.1 Å². The minimum Gasteiger partial charge on any atom is -0.448 e. The summed E-state index contributed by atoms with van der Waals surface area (Å²) in [5.74, 6) is 0.456. The Morgan fingerprint density at radius 3 is 2.57 bits per heavy atom. The summed E-state index contributed by atoms with van der Waals surface area (Å²) in [5.41, 5.74) is 1.76. The molecule has 1 aromatic heterocycles. The maximum Gasteiger partial charge on any atom is 0.257 e. The fraction of sp³-hybridized carbons (Fsp3) is 0.133. The van der Waals surface area contributed by atoms with Crippen LogP contribution in [0, 0.1) is 25.2 Å². The summed E-state index contributed by atoms with van der Waals surface area (Å²) in [4.78, 5) is 12.0. The molecular weight excluding hydrogens is 286 g/mol. The molecule has 0 aliphatic carbocycles. The second-order valence-corrected chi connectivity index (χ2v) is 4.78. The number of carbonyl (C=O) groups is 1. The first-order valence-electron chi connectivity index (χ1n) is 6.20. The topological polar surface area (TPSA) is 78.1 Å². The smallest absolute Gasteiger partial charge is 0.257 e. The zero-order valence-electron chi connectivity index (χ0n) is 11.6. The molecule has 0 saturated heterocycles. The molecule has 0 spiro atoms. The van der Waals surface area contributed by atoms with Crippen molar-refractivity contribution >= 4 is 28.9 Å². The Bertz CT molecular complexity index is 729. The van der Waals surface area contributed by atoms with Gasteiger partial charge in [0.25, 0.3) is 5.91 Å². The highest BCUT2D eigenvalue weighted by molar-refractivity contribution is 7.80. The van der Waals surface area contributed by atoms with Crippen LogP contribution >= 0.6 is 12.2 Å². The maximum atomic E-state index is 12.0. The Labute approximate surface area is 127 Å². The van der Waals surface area contributed by atoms with Gasteiger partial charge in [0.05, 0.1) is 0 Å². The summed E-state index contributed by atoms with van der Waals surface area (Å²) in [6.07, 6.45) is 0. The summed E-state index contributed by atoms with van der Waals surface area (Å²) >= 11 is 5.09.